The molecule has 0 bridgehead atoms. The minimum Gasteiger partial charge on any atom is -0.293 e. The van der Waals surface area contributed by atoms with E-state index >= 15 is 0 Å². The van der Waals surface area contributed by atoms with Gasteiger partial charge in [-0.15, -0.1) is 11.3 Å². The fraction of sp³-hybridized carbons (Fsp3) is 0.632. The summed E-state index contributed by atoms with van der Waals surface area (Å²) < 4.78 is 1.72. The summed E-state index contributed by atoms with van der Waals surface area (Å²) in [6, 6.07) is 2.21. The number of thioether (sulfide) groups is 1. The van der Waals surface area contributed by atoms with Gasteiger partial charge >= 0.3 is 0 Å². The van der Waals surface area contributed by atoms with E-state index in [1.165, 1.54) is 30.0 Å². The molecule has 0 aromatic carbocycles. The molecule has 138 valence electrons. The predicted molar refractivity (Wildman–Crippen MR) is 106 cm³/mol. The fourth-order valence-corrected chi connectivity index (χ4v) is 5.95. The highest BCUT2D eigenvalue weighted by atomic mass is 32.2. The Balaban J connectivity index is 1.30. The van der Waals surface area contributed by atoms with E-state index in [2.05, 4.69) is 10.3 Å². The third kappa shape index (κ3) is 3.49. The zero-order valence-electron chi connectivity index (χ0n) is 14.9. The van der Waals surface area contributed by atoms with Gasteiger partial charge in [0.25, 0.3) is 5.56 Å². The maximum Gasteiger partial charge on any atom is 0.267 e. The normalized spacial score (nSPS) is 23.3. The van der Waals surface area contributed by atoms with E-state index in [1.54, 1.807) is 4.68 Å². The molecular formula is C19H24N4OS2. The van der Waals surface area contributed by atoms with Crippen LogP contribution < -0.4 is 5.56 Å². The van der Waals surface area contributed by atoms with Crippen molar-refractivity contribution in [3.05, 3.63) is 43.8 Å². The van der Waals surface area contributed by atoms with E-state index in [0.717, 1.165) is 54.6 Å². The van der Waals surface area contributed by atoms with Crippen molar-refractivity contribution in [2.75, 3.05) is 12.3 Å². The quantitative estimate of drug-likeness (QED) is 0.788. The molecule has 3 aliphatic rings. The van der Waals surface area contributed by atoms with Gasteiger partial charge in [0.15, 0.2) is 0 Å². The third-order valence-corrected chi connectivity index (χ3v) is 7.71. The van der Waals surface area contributed by atoms with Crippen LogP contribution in [0.15, 0.2) is 16.2 Å². The van der Waals surface area contributed by atoms with Gasteiger partial charge < -0.3 is 0 Å². The van der Waals surface area contributed by atoms with Crippen LogP contribution in [0, 0.1) is 0 Å². The molecule has 26 heavy (non-hydrogen) atoms. The molecule has 0 amide bonds. The molecule has 5 rings (SSSR count). The lowest BCUT2D eigenvalue weighted by Crippen LogP contribution is -2.37. The van der Waals surface area contributed by atoms with Gasteiger partial charge in [0.2, 0.25) is 0 Å². The van der Waals surface area contributed by atoms with Crippen LogP contribution in [0.25, 0.3) is 0 Å². The number of hydrogen-bond acceptors (Lipinski definition) is 6. The second-order valence-electron chi connectivity index (χ2n) is 7.66. The molecule has 1 unspecified atom stereocenters. The predicted octanol–water partition coefficient (Wildman–Crippen LogP) is 3.03. The van der Waals surface area contributed by atoms with Gasteiger partial charge in [-0.2, -0.15) is 16.9 Å². The Morgan fingerprint density at radius 3 is 3.08 bits per heavy atom. The Labute approximate surface area is 161 Å². The summed E-state index contributed by atoms with van der Waals surface area (Å²) in [7, 11) is 0. The molecule has 7 heteroatoms. The molecule has 0 N–H and O–H groups in total. The van der Waals surface area contributed by atoms with Crippen molar-refractivity contribution in [2.45, 2.75) is 62.9 Å². The number of aryl methyl sites for hydroxylation is 1. The number of likely N-dealkylation sites (tertiary alicyclic amines) is 1. The van der Waals surface area contributed by atoms with Crippen LogP contribution in [0.5, 0.6) is 0 Å². The molecule has 2 aromatic heterocycles. The van der Waals surface area contributed by atoms with Crippen LogP contribution in [0.2, 0.25) is 0 Å². The Hall–Kier alpha value is -1.18. The zero-order chi connectivity index (χ0) is 17.5. The Morgan fingerprint density at radius 2 is 2.19 bits per heavy atom. The molecule has 5 nitrogen and oxygen atoms in total. The minimum atomic E-state index is 0.0581. The van der Waals surface area contributed by atoms with Crippen LogP contribution in [0.4, 0.5) is 0 Å². The second kappa shape index (κ2) is 7.09. The highest BCUT2D eigenvalue weighted by Crippen LogP contribution is 2.41. The average molecular weight is 389 g/mol. The molecule has 2 aliphatic heterocycles. The topological polar surface area (TPSA) is 51.0 Å². The summed E-state index contributed by atoms with van der Waals surface area (Å²) in [4.78, 5) is 19.8. The lowest BCUT2D eigenvalue weighted by Gasteiger charge is -2.24. The van der Waals surface area contributed by atoms with Crippen LogP contribution in [0.1, 0.15) is 53.6 Å². The first kappa shape index (κ1) is 17.0. The van der Waals surface area contributed by atoms with Gasteiger partial charge in [-0.25, -0.2) is 9.67 Å². The fourth-order valence-electron chi connectivity index (χ4n) is 4.01. The minimum absolute atomic E-state index is 0.0581. The van der Waals surface area contributed by atoms with E-state index in [1.807, 2.05) is 29.2 Å². The second-order valence-corrected chi connectivity index (χ2v) is 9.65. The first-order valence-electron chi connectivity index (χ1n) is 9.62. The summed E-state index contributed by atoms with van der Waals surface area (Å²) >= 11 is 3.71. The highest BCUT2D eigenvalue weighted by Gasteiger charge is 2.29. The smallest absolute Gasteiger partial charge is 0.267 e. The van der Waals surface area contributed by atoms with E-state index in [9.17, 15) is 4.79 Å². The molecule has 1 saturated carbocycles. The monoisotopic (exact) mass is 388 g/mol. The van der Waals surface area contributed by atoms with Crippen LogP contribution in [0.3, 0.4) is 0 Å². The van der Waals surface area contributed by atoms with Gasteiger partial charge in [-0.1, -0.05) is 0 Å². The summed E-state index contributed by atoms with van der Waals surface area (Å²) in [5.41, 5.74) is 3.52. The van der Waals surface area contributed by atoms with Gasteiger partial charge in [-0.05, 0) is 43.5 Å². The van der Waals surface area contributed by atoms with E-state index in [-0.39, 0.29) is 5.56 Å². The Morgan fingerprint density at radius 1 is 1.27 bits per heavy atom. The number of thiazole rings is 1. The maximum absolute atomic E-state index is 12.5. The Kier molecular flexibility index (Phi) is 4.63. The lowest BCUT2D eigenvalue weighted by atomic mass is 10.2. The number of rotatable bonds is 5. The van der Waals surface area contributed by atoms with Crippen molar-refractivity contribution < 1.29 is 0 Å². The van der Waals surface area contributed by atoms with Crippen LogP contribution in [-0.2, 0) is 25.3 Å². The van der Waals surface area contributed by atoms with Crippen molar-refractivity contribution in [1.82, 2.24) is 19.7 Å². The van der Waals surface area contributed by atoms with Gasteiger partial charge in [0, 0.05) is 42.1 Å². The summed E-state index contributed by atoms with van der Waals surface area (Å²) in [5, 5.41) is 8.25. The van der Waals surface area contributed by atoms with Gasteiger partial charge in [-0.3, -0.25) is 9.69 Å². The first-order chi connectivity index (χ1) is 12.8. The molecule has 0 spiro atoms. The van der Waals surface area contributed by atoms with Crippen molar-refractivity contribution >= 4 is 23.1 Å². The Bertz CT molecular complexity index is 857. The highest BCUT2D eigenvalue weighted by molar-refractivity contribution is 7.98. The lowest BCUT2D eigenvalue weighted by molar-refractivity contribution is 0.214. The maximum atomic E-state index is 12.5. The molecule has 1 saturated heterocycles. The number of fused-ring (bicyclic) bond motifs is 1. The largest absolute Gasteiger partial charge is 0.293 e. The number of nitrogens with zero attached hydrogens (tertiary/aromatic N) is 4. The van der Waals surface area contributed by atoms with Gasteiger partial charge in [0.1, 0.15) is 0 Å². The van der Waals surface area contributed by atoms with E-state index in [4.69, 9.17) is 10.1 Å². The van der Waals surface area contributed by atoms with E-state index in [0.29, 0.717) is 12.6 Å². The number of hydrogen-bond donors (Lipinski definition) is 0. The van der Waals surface area contributed by atoms with Crippen LogP contribution in [-0.4, -0.2) is 38.0 Å². The standard InChI is InChI=1S/C19H24N4OS2/c24-18-8-14-11-25-7-5-17(14)21-23(18)10-16-2-1-6-22(16)9-15-12-26-19(20-15)13-3-4-13/h8,12-13,16H,1-7,9-11H2. The van der Waals surface area contributed by atoms with Crippen molar-refractivity contribution in [3.8, 4) is 0 Å². The molecule has 1 atom stereocenters. The molecule has 0 radical (unpaired) electrons. The van der Waals surface area contributed by atoms with Crippen molar-refractivity contribution in [2.24, 2.45) is 0 Å². The van der Waals surface area contributed by atoms with Crippen LogP contribution >= 0.6 is 23.1 Å². The first-order valence-corrected chi connectivity index (χ1v) is 11.7. The van der Waals surface area contributed by atoms with Crippen molar-refractivity contribution in [1.29, 1.82) is 0 Å². The number of aromatic nitrogens is 3. The molecule has 2 aromatic rings. The summed E-state index contributed by atoms with van der Waals surface area (Å²) in [5.74, 6) is 2.78. The average Bonchev–Trinajstić information content (AvgIpc) is 3.24. The van der Waals surface area contributed by atoms with Crippen molar-refractivity contribution in [3.63, 3.8) is 0 Å². The molecule has 1 aliphatic carbocycles. The molecule has 2 fully saturated rings. The molecule has 4 heterocycles. The summed E-state index contributed by atoms with van der Waals surface area (Å²) in [6.07, 6.45) is 5.94. The zero-order valence-corrected chi connectivity index (χ0v) is 16.5. The van der Waals surface area contributed by atoms with E-state index < -0.39 is 0 Å². The summed E-state index contributed by atoms with van der Waals surface area (Å²) in [6.45, 7) is 2.71. The third-order valence-electron chi connectivity index (χ3n) is 5.65. The molecular weight excluding hydrogens is 364 g/mol. The SMILES string of the molecule is O=c1cc2c(nn1CC1CCCN1Cc1csc(C3CC3)n1)CCSC2. The van der Waals surface area contributed by atoms with Gasteiger partial charge in [0.05, 0.1) is 22.9 Å².